The number of hydrogen-bond donors (Lipinski definition) is 1. The predicted octanol–water partition coefficient (Wildman–Crippen LogP) is 11.1. The highest BCUT2D eigenvalue weighted by molar-refractivity contribution is 5.19. The third kappa shape index (κ3) is 16.2. The van der Waals surface area contributed by atoms with Crippen molar-refractivity contribution in [3.05, 3.63) is 251 Å². The van der Waals surface area contributed by atoms with E-state index in [9.17, 15) is 5.11 Å². The van der Waals surface area contributed by atoms with E-state index in [-0.39, 0.29) is 45.7 Å². The lowest BCUT2D eigenvalue weighted by atomic mass is 9.94. The molecule has 0 saturated carbocycles. The first kappa shape index (κ1) is 58.2. The minimum atomic E-state index is -1.46. The van der Waals surface area contributed by atoms with Gasteiger partial charge in [-0.25, -0.2) is 0 Å². The minimum Gasteiger partial charge on any atom is -0.385 e. The fraction of sp³-hybridized carbons (Fsp3) is 0.382. The zero-order valence-electron chi connectivity index (χ0n) is 46.4. The molecule has 0 radical (unpaired) electrons. The van der Waals surface area contributed by atoms with Gasteiger partial charge in [-0.3, -0.25) is 0 Å². The molecular formula is C68H76O13. The van der Waals surface area contributed by atoms with Gasteiger partial charge in [0.05, 0.1) is 71.2 Å². The number of benzene rings is 7. The summed E-state index contributed by atoms with van der Waals surface area (Å²) in [6, 6.07) is 69.8. The van der Waals surface area contributed by atoms with E-state index in [4.69, 9.17) is 56.8 Å². The van der Waals surface area contributed by atoms with E-state index in [0.29, 0.717) is 13.2 Å². The lowest BCUT2D eigenvalue weighted by Gasteiger charge is -2.50. The largest absolute Gasteiger partial charge is 0.385 e. The molecule has 10 rings (SSSR count). The molecular weight excluding hydrogens is 1020 g/mol. The SMILES string of the molecule is CC1O[C@@H](OC2[C@H](C)OC(C)[C@H](OCc3ccccc3)[C@@H]2OCc2ccccc2)C(O)[C@@H](O[C@H]2O[C@@H](COCc3ccccc3)[C@@H](OCc3ccccc3)C(OCc3ccccc3)C2OCc2ccccc2)[C@H]1OCc1ccccc1. The highest BCUT2D eigenvalue weighted by Crippen LogP contribution is 2.38. The summed E-state index contributed by atoms with van der Waals surface area (Å²) >= 11 is 0. The van der Waals surface area contributed by atoms with Crippen LogP contribution in [0.3, 0.4) is 0 Å². The van der Waals surface area contributed by atoms with Gasteiger partial charge in [-0.1, -0.05) is 212 Å². The van der Waals surface area contributed by atoms with Gasteiger partial charge in [0, 0.05) is 0 Å². The Labute approximate surface area is 476 Å². The van der Waals surface area contributed by atoms with Crippen molar-refractivity contribution in [1.82, 2.24) is 0 Å². The van der Waals surface area contributed by atoms with Crippen molar-refractivity contribution in [2.24, 2.45) is 0 Å². The van der Waals surface area contributed by atoms with Crippen molar-refractivity contribution in [2.75, 3.05) is 6.61 Å². The van der Waals surface area contributed by atoms with Crippen molar-refractivity contribution >= 4 is 0 Å². The molecule has 15 atom stereocenters. The average molecular weight is 1100 g/mol. The molecule has 0 aliphatic carbocycles. The van der Waals surface area contributed by atoms with E-state index in [0.717, 1.165) is 38.9 Å². The molecule has 0 aromatic heterocycles. The average Bonchev–Trinajstić information content (AvgIpc) is 3.57. The van der Waals surface area contributed by atoms with Crippen LogP contribution in [0.25, 0.3) is 0 Å². The summed E-state index contributed by atoms with van der Waals surface area (Å²) in [5.41, 5.74) is 6.78. The maximum atomic E-state index is 13.1. The number of aliphatic hydroxyl groups is 1. The molecule has 0 amide bonds. The van der Waals surface area contributed by atoms with Crippen LogP contribution in [0.1, 0.15) is 59.7 Å². The molecule has 13 heteroatoms. The van der Waals surface area contributed by atoms with Gasteiger partial charge in [-0.15, -0.1) is 0 Å². The van der Waals surface area contributed by atoms with Crippen LogP contribution in [-0.2, 0) is 103 Å². The van der Waals surface area contributed by atoms with Crippen molar-refractivity contribution < 1.29 is 61.9 Å². The van der Waals surface area contributed by atoms with Gasteiger partial charge in [-0.05, 0) is 59.7 Å². The van der Waals surface area contributed by atoms with Gasteiger partial charge in [-0.2, -0.15) is 0 Å². The summed E-state index contributed by atoms with van der Waals surface area (Å²) in [5, 5.41) is 13.1. The summed E-state index contributed by atoms with van der Waals surface area (Å²) in [4.78, 5) is 0. The Hall–Kier alpha value is -5.98. The second kappa shape index (κ2) is 29.8. The molecule has 81 heavy (non-hydrogen) atoms. The summed E-state index contributed by atoms with van der Waals surface area (Å²) < 4.78 is 83.0. The van der Waals surface area contributed by atoms with Crippen molar-refractivity contribution in [3.8, 4) is 0 Å². The van der Waals surface area contributed by atoms with Gasteiger partial charge in [0.25, 0.3) is 0 Å². The Morgan fingerprint density at radius 1 is 0.296 bits per heavy atom. The lowest BCUT2D eigenvalue weighted by molar-refractivity contribution is -0.382. The van der Waals surface area contributed by atoms with Crippen LogP contribution in [0.5, 0.6) is 0 Å². The van der Waals surface area contributed by atoms with Crippen LogP contribution in [-0.4, -0.2) is 104 Å². The predicted molar refractivity (Wildman–Crippen MR) is 305 cm³/mol. The molecule has 1 N–H and O–H groups in total. The minimum absolute atomic E-state index is 0.104. The summed E-state index contributed by atoms with van der Waals surface area (Å²) in [6.45, 7) is 7.73. The maximum absolute atomic E-state index is 13.1. The Kier molecular flexibility index (Phi) is 21.4. The molecule has 13 nitrogen and oxygen atoms in total. The summed E-state index contributed by atoms with van der Waals surface area (Å²) in [6.07, 6.45) is -12.7. The van der Waals surface area contributed by atoms with Gasteiger partial charge in [0.2, 0.25) is 0 Å². The molecule has 0 bridgehead atoms. The van der Waals surface area contributed by atoms with Gasteiger partial charge in [0.15, 0.2) is 12.6 Å². The molecule has 3 fully saturated rings. The Morgan fingerprint density at radius 3 is 1.00 bits per heavy atom. The lowest BCUT2D eigenvalue weighted by Crippen LogP contribution is -2.66. The van der Waals surface area contributed by atoms with E-state index in [2.05, 4.69) is 0 Å². The Morgan fingerprint density at radius 2 is 0.593 bits per heavy atom. The van der Waals surface area contributed by atoms with E-state index >= 15 is 0 Å². The van der Waals surface area contributed by atoms with Crippen LogP contribution in [0.2, 0.25) is 0 Å². The van der Waals surface area contributed by atoms with Crippen LogP contribution in [0, 0.1) is 0 Å². The molecule has 7 aromatic carbocycles. The highest BCUT2D eigenvalue weighted by atomic mass is 16.8. The topological polar surface area (TPSA) is 131 Å². The summed E-state index contributed by atoms with van der Waals surface area (Å²) in [5.74, 6) is 0. The Bertz CT molecular complexity index is 2840. The normalized spacial score (nSPS) is 28.6. The molecule has 3 heterocycles. The van der Waals surface area contributed by atoms with Gasteiger partial charge in [0.1, 0.15) is 61.0 Å². The first-order valence-electron chi connectivity index (χ1n) is 28.3. The van der Waals surface area contributed by atoms with Crippen LogP contribution in [0.15, 0.2) is 212 Å². The van der Waals surface area contributed by atoms with Crippen molar-refractivity contribution in [1.29, 1.82) is 0 Å². The monoisotopic (exact) mass is 1100 g/mol. The van der Waals surface area contributed by atoms with Gasteiger partial charge < -0.3 is 61.9 Å². The second-order valence-corrected chi connectivity index (χ2v) is 21.1. The first-order chi connectivity index (χ1) is 39.8. The Balaban J connectivity index is 0.997. The fourth-order valence-corrected chi connectivity index (χ4v) is 10.8. The molecule has 0 spiro atoms. The second-order valence-electron chi connectivity index (χ2n) is 21.1. The first-order valence-corrected chi connectivity index (χ1v) is 28.3. The van der Waals surface area contributed by atoms with E-state index in [1.54, 1.807) is 0 Å². The van der Waals surface area contributed by atoms with Crippen LogP contribution < -0.4 is 0 Å². The fourth-order valence-electron chi connectivity index (χ4n) is 10.8. The number of aliphatic hydroxyl groups excluding tert-OH is 1. The van der Waals surface area contributed by atoms with Crippen molar-refractivity contribution in [2.45, 2.75) is 159 Å². The third-order valence-corrected chi connectivity index (χ3v) is 15.0. The zero-order chi connectivity index (χ0) is 55.6. The van der Waals surface area contributed by atoms with Crippen LogP contribution in [0.4, 0.5) is 0 Å². The number of ether oxygens (including phenoxy) is 12. The number of hydrogen-bond acceptors (Lipinski definition) is 13. The maximum Gasteiger partial charge on any atom is 0.187 e. The number of rotatable bonds is 26. The van der Waals surface area contributed by atoms with Crippen LogP contribution >= 0.6 is 0 Å². The molecule has 426 valence electrons. The molecule has 3 aliphatic rings. The standard InChI is InChI=1S/C68H76O13/c1-47-60(72-41-52-29-15-6-16-30-52)64(74-43-54-33-19-8-20-34-54)61(49(3)77-47)80-67-58(69)63(59(48(2)78-67)71-40-51-27-13-5-14-28-51)81-68-66(76-45-56-37-23-10-24-38-56)65(75-44-55-35-21-9-22-36-55)62(73-42-53-31-17-7-18-32-53)57(79-68)46-70-39-50-25-11-4-12-26-50/h4-38,47-49,57-69H,39-46H2,1-3H3/t47?,48?,49-,57-,58?,59-,60-,61?,62+,63+,64-,65?,66?,67-,68+/m0/s1. The molecule has 3 aliphatic heterocycles. The zero-order valence-corrected chi connectivity index (χ0v) is 46.4. The highest BCUT2D eigenvalue weighted by Gasteiger charge is 2.55. The molecule has 7 aromatic rings. The molecule has 6 unspecified atom stereocenters. The molecule has 3 saturated heterocycles. The van der Waals surface area contributed by atoms with E-state index < -0.39 is 85.8 Å². The van der Waals surface area contributed by atoms with Crippen molar-refractivity contribution in [3.63, 3.8) is 0 Å². The van der Waals surface area contributed by atoms with Gasteiger partial charge >= 0.3 is 0 Å². The third-order valence-electron chi connectivity index (χ3n) is 15.0. The smallest absolute Gasteiger partial charge is 0.187 e. The van der Waals surface area contributed by atoms with E-state index in [1.807, 2.05) is 233 Å². The summed E-state index contributed by atoms with van der Waals surface area (Å²) in [7, 11) is 0. The van der Waals surface area contributed by atoms with E-state index in [1.165, 1.54) is 0 Å². The quantitative estimate of drug-likeness (QED) is 0.0553.